The first-order valence-corrected chi connectivity index (χ1v) is 10.3. The predicted octanol–water partition coefficient (Wildman–Crippen LogP) is 2.58. The number of rotatable bonds is 3. The van der Waals surface area contributed by atoms with E-state index in [1.165, 1.54) is 38.8 Å². The van der Waals surface area contributed by atoms with E-state index in [0.717, 1.165) is 44.0 Å². The molecule has 2 aliphatic heterocycles. The van der Waals surface area contributed by atoms with Gasteiger partial charge in [-0.1, -0.05) is 12.8 Å². The van der Waals surface area contributed by atoms with E-state index in [2.05, 4.69) is 21.0 Å². The standard InChI is InChI=1S/C17H27N5O.C2HF3O2/c23-17(19-14-5-1-2-6-14)22-10-9-21-12-15(18-16(21)13-22)11-20-7-3-4-8-20;3-2(4,5)1(6)7/h12,14H,1-11,13H2,(H,19,23);(H,6,7). The summed E-state index contributed by atoms with van der Waals surface area (Å²) in [6.07, 6.45) is 4.47. The Balaban J connectivity index is 0.000000318. The number of fused-ring (bicyclic) bond motifs is 1. The number of hydrogen-bond acceptors (Lipinski definition) is 4. The zero-order valence-corrected chi connectivity index (χ0v) is 16.8. The molecule has 1 saturated carbocycles. The van der Waals surface area contributed by atoms with Crippen LogP contribution < -0.4 is 5.32 Å². The van der Waals surface area contributed by atoms with E-state index in [4.69, 9.17) is 14.9 Å². The van der Waals surface area contributed by atoms with Gasteiger partial charge in [-0.3, -0.25) is 4.90 Å². The van der Waals surface area contributed by atoms with Crippen LogP contribution in [0.5, 0.6) is 0 Å². The van der Waals surface area contributed by atoms with Crippen LogP contribution in [-0.2, 0) is 24.4 Å². The Bertz CT molecular complexity index is 740. The second kappa shape index (κ2) is 9.67. The number of imidazole rings is 1. The summed E-state index contributed by atoms with van der Waals surface area (Å²) in [4.78, 5) is 30.5. The lowest BCUT2D eigenvalue weighted by Crippen LogP contribution is -2.47. The molecule has 0 spiro atoms. The van der Waals surface area contributed by atoms with Crippen molar-refractivity contribution in [2.24, 2.45) is 0 Å². The average Bonchev–Trinajstić information content (AvgIpc) is 3.42. The first-order chi connectivity index (χ1) is 14.2. The molecule has 0 unspecified atom stereocenters. The van der Waals surface area contributed by atoms with Crippen LogP contribution in [0.3, 0.4) is 0 Å². The number of urea groups is 1. The lowest BCUT2D eigenvalue weighted by molar-refractivity contribution is -0.192. The maximum Gasteiger partial charge on any atom is 0.490 e. The highest BCUT2D eigenvalue weighted by Crippen LogP contribution is 2.20. The Kier molecular flexibility index (Phi) is 7.22. The summed E-state index contributed by atoms with van der Waals surface area (Å²) in [6.45, 7) is 5.62. The summed E-state index contributed by atoms with van der Waals surface area (Å²) >= 11 is 0. The number of carbonyl (C=O) groups is 2. The fourth-order valence-electron chi connectivity index (χ4n) is 4.07. The Morgan fingerprint density at radius 3 is 2.33 bits per heavy atom. The van der Waals surface area contributed by atoms with Gasteiger partial charge in [-0.15, -0.1) is 0 Å². The molecule has 168 valence electrons. The normalized spacial score (nSPS) is 19.9. The molecule has 1 aromatic heterocycles. The molecule has 1 saturated heterocycles. The molecule has 1 aliphatic carbocycles. The van der Waals surface area contributed by atoms with E-state index in [0.29, 0.717) is 12.6 Å². The van der Waals surface area contributed by atoms with Gasteiger partial charge in [0.1, 0.15) is 5.82 Å². The molecule has 11 heteroatoms. The molecular weight excluding hydrogens is 403 g/mol. The lowest BCUT2D eigenvalue weighted by Gasteiger charge is -2.29. The summed E-state index contributed by atoms with van der Waals surface area (Å²) in [5.41, 5.74) is 1.15. The van der Waals surface area contributed by atoms with E-state index in [1.54, 1.807) is 0 Å². The van der Waals surface area contributed by atoms with Gasteiger partial charge in [0.15, 0.2) is 0 Å². The summed E-state index contributed by atoms with van der Waals surface area (Å²) in [5.74, 6) is -1.72. The number of nitrogens with one attached hydrogen (secondary N) is 1. The van der Waals surface area contributed by atoms with Crippen molar-refractivity contribution in [2.45, 2.75) is 70.4 Å². The minimum absolute atomic E-state index is 0.0900. The third kappa shape index (κ3) is 6.10. The van der Waals surface area contributed by atoms with Gasteiger partial charge in [0.2, 0.25) is 0 Å². The van der Waals surface area contributed by atoms with Crippen molar-refractivity contribution in [1.82, 2.24) is 24.7 Å². The van der Waals surface area contributed by atoms with Crippen LogP contribution in [-0.4, -0.2) is 68.3 Å². The molecule has 2 fully saturated rings. The highest BCUT2D eigenvalue weighted by atomic mass is 19.4. The van der Waals surface area contributed by atoms with Gasteiger partial charge in [0.05, 0.1) is 12.2 Å². The molecule has 4 rings (SSSR count). The number of carbonyl (C=O) groups excluding carboxylic acids is 1. The molecule has 0 atom stereocenters. The number of carboxylic acid groups (broad SMARTS) is 1. The van der Waals surface area contributed by atoms with Gasteiger partial charge in [-0.2, -0.15) is 13.2 Å². The van der Waals surface area contributed by atoms with Gasteiger partial charge in [-0.25, -0.2) is 14.6 Å². The van der Waals surface area contributed by atoms with Gasteiger partial charge >= 0.3 is 18.2 Å². The summed E-state index contributed by atoms with van der Waals surface area (Å²) in [5, 5.41) is 10.3. The van der Waals surface area contributed by atoms with E-state index in [1.807, 2.05) is 4.90 Å². The third-order valence-electron chi connectivity index (χ3n) is 5.65. The second-order valence-corrected chi connectivity index (χ2v) is 7.98. The summed E-state index contributed by atoms with van der Waals surface area (Å²) in [6, 6.07) is 0.474. The van der Waals surface area contributed by atoms with Crippen LogP contribution >= 0.6 is 0 Å². The highest BCUT2D eigenvalue weighted by Gasteiger charge is 2.38. The fraction of sp³-hybridized carbons (Fsp3) is 0.737. The molecule has 0 bridgehead atoms. The number of amides is 2. The number of aromatic nitrogens is 2. The van der Waals surface area contributed by atoms with Crippen molar-refractivity contribution in [1.29, 1.82) is 0 Å². The van der Waals surface area contributed by atoms with Gasteiger partial charge < -0.3 is 19.9 Å². The summed E-state index contributed by atoms with van der Waals surface area (Å²) in [7, 11) is 0. The Hall–Kier alpha value is -2.30. The number of halogens is 3. The molecular formula is C19H28F3N5O3. The minimum Gasteiger partial charge on any atom is -0.475 e. The zero-order valence-electron chi connectivity index (χ0n) is 16.8. The van der Waals surface area contributed by atoms with Crippen LogP contribution in [0.2, 0.25) is 0 Å². The first-order valence-electron chi connectivity index (χ1n) is 10.3. The molecule has 2 amide bonds. The minimum atomic E-state index is -5.08. The van der Waals surface area contributed by atoms with Gasteiger partial charge in [-0.05, 0) is 38.8 Å². The SMILES string of the molecule is O=C(NC1CCCC1)N1CCn2cc(CN3CCCC3)nc2C1.O=C(O)C(F)(F)F. The maximum absolute atomic E-state index is 12.4. The second-order valence-electron chi connectivity index (χ2n) is 7.98. The smallest absolute Gasteiger partial charge is 0.475 e. The van der Waals surface area contributed by atoms with E-state index in [9.17, 15) is 18.0 Å². The zero-order chi connectivity index (χ0) is 21.7. The molecule has 2 N–H and O–H groups in total. The van der Waals surface area contributed by atoms with Crippen molar-refractivity contribution in [3.8, 4) is 0 Å². The molecule has 3 heterocycles. The Morgan fingerprint density at radius 2 is 1.73 bits per heavy atom. The first kappa shape index (κ1) is 22.4. The topological polar surface area (TPSA) is 90.7 Å². The Morgan fingerprint density at radius 1 is 1.10 bits per heavy atom. The van der Waals surface area contributed by atoms with Crippen molar-refractivity contribution in [3.63, 3.8) is 0 Å². The van der Waals surface area contributed by atoms with Crippen molar-refractivity contribution in [2.75, 3.05) is 19.6 Å². The third-order valence-corrected chi connectivity index (χ3v) is 5.65. The average molecular weight is 431 g/mol. The quantitative estimate of drug-likeness (QED) is 0.768. The molecule has 1 aromatic rings. The monoisotopic (exact) mass is 431 g/mol. The van der Waals surface area contributed by atoms with Gasteiger partial charge in [0.25, 0.3) is 0 Å². The predicted molar refractivity (Wildman–Crippen MR) is 102 cm³/mol. The van der Waals surface area contributed by atoms with Crippen molar-refractivity contribution >= 4 is 12.0 Å². The van der Waals surface area contributed by atoms with E-state index >= 15 is 0 Å². The maximum atomic E-state index is 12.4. The van der Waals surface area contributed by atoms with Crippen molar-refractivity contribution < 1.29 is 27.9 Å². The van der Waals surface area contributed by atoms with E-state index in [-0.39, 0.29) is 6.03 Å². The molecule has 0 aromatic carbocycles. The molecule has 0 radical (unpaired) electrons. The fourth-order valence-corrected chi connectivity index (χ4v) is 4.07. The number of alkyl halides is 3. The largest absolute Gasteiger partial charge is 0.490 e. The number of nitrogens with zero attached hydrogens (tertiary/aromatic N) is 4. The van der Waals surface area contributed by atoms with Crippen LogP contribution in [0.1, 0.15) is 50.0 Å². The van der Waals surface area contributed by atoms with Crippen LogP contribution in [0.15, 0.2) is 6.20 Å². The van der Waals surface area contributed by atoms with Crippen LogP contribution in [0.25, 0.3) is 0 Å². The number of hydrogen-bond donors (Lipinski definition) is 2. The van der Waals surface area contributed by atoms with Crippen molar-refractivity contribution in [3.05, 3.63) is 17.7 Å². The lowest BCUT2D eigenvalue weighted by atomic mass is 10.2. The van der Waals surface area contributed by atoms with E-state index < -0.39 is 12.1 Å². The Labute approximate surface area is 173 Å². The molecule has 30 heavy (non-hydrogen) atoms. The molecule has 3 aliphatic rings. The van der Waals surface area contributed by atoms with Crippen LogP contribution in [0.4, 0.5) is 18.0 Å². The number of aliphatic carboxylic acids is 1. The number of carboxylic acids is 1. The summed E-state index contributed by atoms with van der Waals surface area (Å²) < 4.78 is 34.0. The molecule has 8 nitrogen and oxygen atoms in total. The van der Waals surface area contributed by atoms with Crippen LogP contribution in [0, 0.1) is 0 Å². The highest BCUT2D eigenvalue weighted by molar-refractivity contribution is 5.74. The van der Waals surface area contributed by atoms with Gasteiger partial charge in [0, 0.05) is 31.9 Å². The number of likely N-dealkylation sites (tertiary alicyclic amines) is 1.